The van der Waals surface area contributed by atoms with Gasteiger partial charge in [0.1, 0.15) is 5.75 Å². The molecule has 2 fully saturated rings. The molecule has 2 amide bonds. The van der Waals surface area contributed by atoms with Crippen LogP contribution in [0.5, 0.6) is 5.75 Å². The number of aromatic hydroxyl groups is 1. The fraction of sp³-hybridized carbons (Fsp3) is 0.370. The number of halogens is 1. The number of hydrogen-bond donors (Lipinski definition) is 4. The molecule has 0 radical (unpaired) electrons. The summed E-state index contributed by atoms with van der Waals surface area (Å²) in [6.45, 7) is 2.99. The zero-order chi connectivity index (χ0) is 27.4. The molecule has 0 aliphatic carbocycles. The van der Waals surface area contributed by atoms with Crippen molar-refractivity contribution in [2.45, 2.75) is 32.1 Å². The van der Waals surface area contributed by atoms with Crippen molar-refractivity contribution in [2.75, 3.05) is 46.6 Å². The summed E-state index contributed by atoms with van der Waals surface area (Å²) in [6.07, 6.45) is 4.63. The van der Waals surface area contributed by atoms with Crippen molar-refractivity contribution in [2.24, 2.45) is 11.7 Å². The number of carbonyl (C=O) groups is 2. The lowest BCUT2D eigenvalue weighted by atomic mass is 9.96. The van der Waals surface area contributed by atoms with Crippen LogP contribution in [0.25, 0.3) is 0 Å². The van der Waals surface area contributed by atoms with Crippen LogP contribution in [0.4, 0.5) is 29.2 Å². The number of aromatic nitrogens is 3. The maximum absolute atomic E-state index is 12.5. The molecule has 0 saturated carbocycles. The molecular weight excluding hydrogens is 520 g/mol. The number of rotatable bonds is 7. The summed E-state index contributed by atoms with van der Waals surface area (Å²) in [5.41, 5.74) is 6.74. The van der Waals surface area contributed by atoms with E-state index in [0.29, 0.717) is 60.0 Å². The molecule has 2 saturated heterocycles. The summed E-state index contributed by atoms with van der Waals surface area (Å²) < 4.78 is 0. The number of hydrogen-bond acceptors (Lipinski definition) is 9. The third kappa shape index (κ3) is 6.48. The second kappa shape index (κ2) is 11.7. The summed E-state index contributed by atoms with van der Waals surface area (Å²) in [7, 11) is 0. The molecule has 2 aliphatic heterocycles. The van der Waals surface area contributed by atoms with Crippen molar-refractivity contribution >= 4 is 52.6 Å². The Morgan fingerprint density at radius 2 is 1.54 bits per heavy atom. The van der Waals surface area contributed by atoms with E-state index in [2.05, 4.69) is 25.5 Å². The maximum Gasteiger partial charge on any atom is 0.255 e. The molecule has 5 rings (SSSR count). The van der Waals surface area contributed by atoms with E-state index in [1.807, 2.05) is 4.90 Å². The Labute approximate surface area is 231 Å². The standard InChI is InChI=1S/C27H31ClN8O3/c28-19-6-4-18(5-7-19)24(39)31-21-9-8-20(16-22(21)37)30-25-32-26(35-12-2-1-3-13-35)34-27(33-25)36-14-10-17(11-15-36)23(29)38/h4-9,16-17,37H,1-3,10-15H2,(H2,29,38)(H,31,39)(H,30,32,33,34). The van der Waals surface area contributed by atoms with Crippen LogP contribution in [-0.4, -0.2) is 58.1 Å². The fourth-order valence-electron chi connectivity index (χ4n) is 4.79. The number of nitrogens with one attached hydrogen (secondary N) is 2. The highest BCUT2D eigenvalue weighted by Gasteiger charge is 2.26. The number of nitrogens with zero attached hydrogens (tertiary/aromatic N) is 5. The Hall–Kier alpha value is -4.12. The third-order valence-electron chi connectivity index (χ3n) is 7.04. The van der Waals surface area contributed by atoms with Crippen LogP contribution in [0.2, 0.25) is 5.02 Å². The number of piperidine rings is 2. The van der Waals surface area contributed by atoms with Gasteiger partial charge in [0.15, 0.2) is 0 Å². The lowest BCUT2D eigenvalue weighted by Gasteiger charge is -2.32. The van der Waals surface area contributed by atoms with Crippen LogP contribution in [0.1, 0.15) is 42.5 Å². The van der Waals surface area contributed by atoms with Crippen molar-refractivity contribution in [1.29, 1.82) is 0 Å². The molecule has 0 unspecified atom stereocenters. The van der Waals surface area contributed by atoms with Crippen LogP contribution in [0.15, 0.2) is 42.5 Å². The Kier molecular flexibility index (Phi) is 7.97. The van der Waals surface area contributed by atoms with Crippen molar-refractivity contribution in [3.05, 3.63) is 53.1 Å². The molecule has 12 heteroatoms. The fourth-order valence-corrected chi connectivity index (χ4v) is 4.92. The molecule has 0 bridgehead atoms. The number of anilines is 5. The van der Waals surface area contributed by atoms with E-state index >= 15 is 0 Å². The number of primary amides is 1. The molecule has 2 aliphatic rings. The van der Waals surface area contributed by atoms with Gasteiger partial charge in [-0.1, -0.05) is 11.6 Å². The van der Waals surface area contributed by atoms with E-state index in [1.165, 1.54) is 12.5 Å². The van der Waals surface area contributed by atoms with Crippen LogP contribution < -0.4 is 26.2 Å². The Morgan fingerprint density at radius 1 is 0.897 bits per heavy atom. The predicted octanol–water partition coefficient (Wildman–Crippen LogP) is 3.92. The Balaban J connectivity index is 1.34. The Morgan fingerprint density at radius 3 is 2.15 bits per heavy atom. The average molecular weight is 551 g/mol. The largest absolute Gasteiger partial charge is 0.506 e. The number of benzene rings is 2. The zero-order valence-electron chi connectivity index (χ0n) is 21.4. The molecule has 1 aromatic heterocycles. The van der Waals surface area contributed by atoms with E-state index in [4.69, 9.17) is 22.3 Å². The zero-order valence-corrected chi connectivity index (χ0v) is 22.2. The van der Waals surface area contributed by atoms with Crippen LogP contribution in [-0.2, 0) is 4.79 Å². The molecule has 11 nitrogen and oxygen atoms in total. The molecule has 0 spiro atoms. The van der Waals surface area contributed by atoms with E-state index in [9.17, 15) is 14.7 Å². The van der Waals surface area contributed by atoms with Gasteiger partial charge in [-0.25, -0.2) is 0 Å². The second-order valence-electron chi connectivity index (χ2n) is 9.79. The molecule has 5 N–H and O–H groups in total. The highest BCUT2D eigenvalue weighted by molar-refractivity contribution is 6.30. The van der Waals surface area contributed by atoms with Gasteiger partial charge in [-0.2, -0.15) is 15.0 Å². The van der Waals surface area contributed by atoms with Gasteiger partial charge in [0, 0.05) is 54.4 Å². The third-order valence-corrected chi connectivity index (χ3v) is 7.29. The van der Waals surface area contributed by atoms with Gasteiger partial charge in [-0.05, 0) is 68.5 Å². The first-order valence-electron chi connectivity index (χ1n) is 13.1. The van der Waals surface area contributed by atoms with Gasteiger partial charge in [0.2, 0.25) is 23.8 Å². The van der Waals surface area contributed by atoms with Crippen LogP contribution >= 0.6 is 11.6 Å². The highest BCUT2D eigenvalue weighted by Crippen LogP contribution is 2.30. The maximum atomic E-state index is 12.5. The quantitative estimate of drug-likeness (QED) is 0.321. The van der Waals surface area contributed by atoms with Crippen LogP contribution in [0, 0.1) is 5.92 Å². The van der Waals surface area contributed by atoms with Crippen LogP contribution in [0.3, 0.4) is 0 Å². The van der Waals surface area contributed by atoms with E-state index in [-0.39, 0.29) is 29.2 Å². The lowest BCUT2D eigenvalue weighted by molar-refractivity contribution is -0.122. The minimum absolute atomic E-state index is 0.110. The molecule has 0 atom stereocenters. The first-order chi connectivity index (χ1) is 18.9. The van der Waals surface area contributed by atoms with Crippen molar-refractivity contribution < 1.29 is 14.7 Å². The van der Waals surface area contributed by atoms with E-state index in [0.717, 1.165) is 25.9 Å². The first-order valence-corrected chi connectivity index (χ1v) is 13.5. The molecule has 3 heterocycles. The number of carbonyl (C=O) groups excluding carboxylic acids is 2. The normalized spacial score (nSPS) is 16.1. The average Bonchev–Trinajstić information content (AvgIpc) is 2.95. The SMILES string of the molecule is NC(=O)C1CCN(c2nc(Nc3ccc(NC(=O)c4ccc(Cl)cc4)c(O)c3)nc(N3CCCCC3)n2)CC1. The molecule has 204 valence electrons. The van der Waals surface area contributed by atoms with Gasteiger partial charge in [-0.15, -0.1) is 0 Å². The minimum Gasteiger partial charge on any atom is -0.506 e. The van der Waals surface area contributed by atoms with Crippen molar-refractivity contribution in [1.82, 2.24) is 15.0 Å². The van der Waals surface area contributed by atoms with E-state index < -0.39 is 0 Å². The second-order valence-corrected chi connectivity index (χ2v) is 10.2. The van der Waals surface area contributed by atoms with Gasteiger partial charge >= 0.3 is 0 Å². The van der Waals surface area contributed by atoms with Gasteiger partial charge in [-0.3, -0.25) is 9.59 Å². The number of nitrogens with two attached hydrogens (primary N) is 1. The highest BCUT2D eigenvalue weighted by atomic mass is 35.5. The summed E-state index contributed by atoms with van der Waals surface area (Å²) in [5.74, 6) is 0.591. The van der Waals surface area contributed by atoms with Gasteiger partial charge in [0.05, 0.1) is 5.69 Å². The van der Waals surface area contributed by atoms with Gasteiger partial charge < -0.3 is 31.3 Å². The first kappa shape index (κ1) is 26.5. The van der Waals surface area contributed by atoms with Crippen molar-refractivity contribution in [3.63, 3.8) is 0 Å². The molecular formula is C27H31ClN8O3. The number of phenolic OH excluding ortho intramolecular Hbond substituents is 1. The van der Waals surface area contributed by atoms with Crippen molar-refractivity contribution in [3.8, 4) is 5.75 Å². The summed E-state index contributed by atoms with van der Waals surface area (Å²) in [6, 6.07) is 11.3. The smallest absolute Gasteiger partial charge is 0.255 e. The number of phenols is 1. The summed E-state index contributed by atoms with van der Waals surface area (Å²) in [4.78, 5) is 42.4. The predicted molar refractivity (Wildman–Crippen MR) is 151 cm³/mol. The summed E-state index contributed by atoms with van der Waals surface area (Å²) >= 11 is 5.90. The topological polar surface area (TPSA) is 150 Å². The molecule has 3 aromatic rings. The Bertz CT molecular complexity index is 1340. The number of amides is 2. The molecule has 39 heavy (non-hydrogen) atoms. The minimum atomic E-state index is -0.365. The molecule has 2 aromatic carbocycles. The van der Waals surface area contributed by atoms with E-state index in [1.54, 1.807) is 36.4 Å². The monoisotopic (exact) mass is 550 g/mol. The lowest BCUT2D eigenvalue weighted by Crippen LogP contribution is -2.40. The summed E-state index contributed by atoms with van der Waals surface area (Å²) in [5, 5.41) is 17.0. The van der Waals surface area contributed by atoms with Gasteiger partial charge in [0.25, 0.3) is 5.91 Å².